The SMILES string of the molecule is N#[N+]C(=c1ccc(=C(N=N)C(F)(F)F)cc1)C(F)(F)F. The third kappa shape index (κ3) is 3.31. The van der Waals surface area contributed by atoms with Gasteiger partial charge in [0.15, 0.2) is 10.7 Å². The van der Waals surface area contributed by atoms with Crippen molar-refractivity contribution in [3.8, 4) is 0 Å². The highest BCUT2D eigenvalue weighted by atomic mass is 19.4. The van der Waals surface area contributed by atoms with Crippen LogP contribution in [-0.2, 0) is 0 Å². The van der Waals surface area contributed by atoms with Gasteiger partial charge in [-0.05, 0) is 12.1 Å². The van der Waals surface area contributed by atoms with Crippen LogP contribution in [0, 0.1) is 10.9 Å². The highest BCUT2D eigenvalue weighted by Crippen LogP contribution is 2.27. The quantitative estimate of drug-likeness (QED) is 0.483. The minimum absolute atomic E-state index is 0.573. The molecule has 0 aliphatic heterocycles. The Balaban J connectivity index is 3.61. The molecule has 1 rings (SSSR count). The fourth-order valence-electron chi connectivity index (χ4n) is 1.36. The van der Waals surface area contributed by atoms with Crippen LogP contribution in [0.2, 0.25) is 0 Å². The minimum atomic E-state index is -4.95. The molecule has 0 aromatic heterocycles. The number of nitrogens with one attached hydrogen (secondary N) is 1. The van der Waals surface area contributed by atoms with E-state index in [0.717, 1.165) is 0 Å². The summed E-state index contributed by atoms with van der Waals surface area (Å²) < 4.78 is 74.5. The van der Waals surface area contributed by atoms with Crippen LogP contribution < -0.4 is 10.4 Å². The van der Waals surface area contributed by atoms with Crippen molar-refractivity contribution in [3.05, 3.63) is 39.7 Å². The van der Waals surface area contributed by atoms with Crippen LogP contribution in [0.4, 0.5) is 26.3 Å². The van der Waals surface area contributed by atoms with Gasteiger partial charge in [-0.25, -0.2) is 5.53 Å². The van der Waals surface area contributed by atoms with E-state index in [1.54, 1.807) is 0 Å². The first-order valence-corrected chi connectivity index (χ1v) is 4.83. The van der Waals surface area contributed by atoms with Gasteiger partial charge in [0.2, 0.25) is 5.39 Å². The number of rotatable bonds is 1. The monoisotopic (exact) mass is 295 g/mol. The summed E-state index contributed by atoms with van der Waals surface area (Å²) in [5.74, 6) is 0. The van der Waals surface area contributed by atoms with E-state index in [1.165, 1.54) is 0 Å². The molecule has 0 aliphatic rings. The van der Waals surface area contributed by atoms with Crippen molar-refractivity contribution in [1.82, 2.24) is 0 Å². The van der Waals surface area contributed by atoms with E-state index in [2.05, 4.69) is 10.1 Å². The maximum atomic E-state index is 12.4. The van der Waals surface area contributed by atoms with E-state index >= 15 is 0 Å². The van der Waals surface area contributed by atoms with Crippen molar-refractivity contribution in [3.63, 3.8) is 0 Å². The third-order valence-corrected chi connectivity index (χ3v) is 2.18. The van der Waals surface area contributed by atoms with E-state index < -0.39 is 34.2 Å². The molecule has 0 fully saturated rings. The lowest BCUT2D eigenvalue weighted by Crippen LogP contribution is -2.22. The van der Waals surface area contributed by atoms with Crippen molar-refractivity contribution in [2.24, 2.45) is 5.11 Å². The van der Waals surface area contributed by atoms with Crippen LogP contribution >= 0.6 is 0 Å². The van der Waals surface area contributed by atoms with Gasteiger partial charge in [-0.3, -0.25) is 0 Å². The first-order chi connectivity index (χ1) is 9.11. The summed E-state index contributed by atoms with van der Waals surface area (Å²) >= 11 is 0. The second-order valence-corrected chi connectivity index (χ2v) is 3.48. The molecule has 0 atom stereocenters. The molecule has 4 nitrogen and oxygen atoms in total. The number of nitrogens with zero attached hydrogens (tertiary/aromatic N) is 3. The third-order valence-electron chi connectivity index (χ3n) is 2.18. The molecule has 20 heavy (non-hydrogen) atoms. The summed E-state index contributed by atoms with van der Waals surface area (Å²) in [5.41, 5.74) is 3.27. The average molecular weight is 295 g/mol. The standard InChI is InChI=1S/C10H5F6N4/c11-9(12,13)7(19-17)5-1-2-6(4-3-5)8(20-18)10(14,15)16/h1-4,17H/q+1. The zero-order valence-electron chi connectivity index (χ0n) is 9.42. The average Bonchev–Trinajstić information content (AvgIpc) is 2.29. The first-order valence-electron chi connectivity index (χ1n) is 4.83. The number of hydrogen-bond donors (Lipinski definition) is 1. The van der Waals surface area contributed by atoms with Crippen LogP contribution in [-0.4, -0.2) is 12.4 Å². The molecule has 1 aromatic rings. The molecule has 106 valence electrons. The van der Waals surface area contributed by atoms with Crippen LogP contribution in [0.15, 0.2) is 29.4 Å². The number of hydrogen-bond acceptors (Lipinski definition) is 3. The summed E-state index contributed by atoms with van der Waals surface area (Å²) in [6.45, 7) is 0. The molecule has 10 heteroatoms. The number of diazo groups is 1. The zero-order valence-corrected chi connectivity index (χ0v) is 9.42. The number of halogens is 6. The maximum Gasteiger partial charge on any atom is 0.501 e. The van der Waals surface area contributed by atoms with E-state index in [4.69, 9.17) is 10.9 Å². The van der Waals surface area contributed by atoms with Gasteiger partial charge in [-0.15, -0.1) is 0 Å². The largest absolute Gasteiger partial charge is 0.501 e. The predicted molar refractivity (Wildman–Crippen MR) is 54.8 cm³/mol. The topological polar surface area (TPSA) is 64.4 Å². The van der Waals surface area contributed by atoms with Crippen LogP contribution in [0.25, 0.3) is 16.4 Å². The van der Waals surface area contributed by atoms with Gasteiger partial charge in [-0.2, -0.15) is 31.5 Å². The van der Waals surface area contributed by atoms with Gasteiger partial charge < -0.3 is 0 Å². The van der Waals surface area contributed by atoms with Crippen molar-refractivity contribution in [2.45, 2.75) is 12.4 Å². The Labute approximate surface area is 107 Å². The second kappa shape index (κ2) is 5.28. The Morgan fingerprint density at radius 3 is 1.70 bits per heavy atom. The van der Waals surface area contributed by atoms with E-state index in [-0.39, 0.29) is 0 Å². The highest BCUT2D eigenvalue weighted by Gasteiger charge is 2.46. The van der Waals surface area contributed by atoms with Gasteiger partial charge in [-0.1, -0.05) is 12.1 Å². The Morgan fingerprint density at radius 2 is 1.40 bits per heavy atom. The molecular weight excluding hydrogens is 290 g/mol. The summed E-state index contributed by atoms with van der Waals surface area (Å²) in [5, 5.41) is 9.43. The van der Waals surface area contributed by atoms with E-state index in [9.17, 15) is 26.3 Å². The molecule has 1 N–H and O–H groups in total. The molecule has 0 amide bonds. The Bertz CT molecular complexity index is 656. The lowest BCUT2D eigenvalue weighted by molar-refractivity contribution is -0.0726. The van der Waals surface area contributed by atoms with Crippen molar-refractivity contribution >= 4 is 11.4 Å². The molecule has 0 spiro atoms. The lowest BCUT2D eigenvalue weighted by atomic mass is 10.2. The highest BCUT2D eigenvalue weighted by molar-refractivity contribution is 5.56. The lowest BCUT2D eigenvalue weighted by Gasteiger charge is -2.04. The van der Waals surface area contributed by atoms with Gasteiger partial charge >= 0.3 is 18.0 Å². The minimum Gasteiger partial charge on any atom is -0.204 e. The zero-order chi connectivity index (χ0) is 15.6. The van der Waals surface area contributed by atoms with Crippen LogP contribution in [0.3, 0.4) is 0 Å². The Kier molecular flexibility index (Phi) is 4.12. The van der Waals surface area contributed by atoms with E-state index in [1.807, 2.05) is 0 Å². The van der Waals surface area contributed by atoms with Crippen molar-refractivity contribution in [1.29, 1.82) is 10.9 Å². The molecule has 0 saturated carbocycles. The number of alkyl halides is 6. The molecule has 0 aliphatic carbocycles. The van der Waals surface area contributed by atoms with Gasteiger partial charge in [0.05, 0.1) is 5.22 Å². The van der Waals surface area contributed by atoms with Crippen molar-refractivity contribution < 1.29 is 26.3 Å². The fourth-order valence-corrected chi connectivity index (χ4v) is 1.36. The molecule has 0 heterocycles. The van der Waals surface area contributed by atoms with Crippen LogP contribution in [0.5, 0.6) is 0 Å². The molecule has 0 radical (unpaired) electrons. The smallest absolute Gasteiger partial charge is 0.204 e. The van der Waals surface area contributed by atoms with Gasteiger partial charge in [0.25, 0.3) is 0 Å². The first kappa shape index (κ1) is 15.6. The summed E-state index contributed by atoms with van der Waals surface area (Å²) in [7, 11) is 0. The normalized spacial score (nSPS) is 11.7. The Hall–Kier alpha value is -2.44. The van der Waals surface area contributed by atoms with E-state index in [0.29, 0.717) is 24.3 Å². The number of benzene rings is 1. The summed E-state index contributed by atoms with van der Waals surface area (Å²) in [6.07, 6.45) is -9.85. The summed E-state index contributed by atoms with van der Waals surface area (Å²) in [6, 6.07) is 2.78. The molecule has 0 unspecified atom stereocenters. The molecule has 0 saturated heterocycles. The molecule has 0 bridgehead atoms. The molecule has 1 aromatic carbocycles. The van der Waals surface area contributed by atoms with Gasteiger partial charge in [0.1, 0.15) is 0 Å². The predicted octanol–water partition coefficient (Wildman–Crippen LogP) is 2.91. The summed E-state index contributed by atoms with van der Waals surface area (Å²) in [4.78, 5) is 2.08. The van der Waals surface area contributed by atoms with Crippen LogP contribution in [0.1, 0.15) is 0 Å². The Morgan fingerprint density at radius 1 is 0.950 bits per heavy atom. The molecular formula is C10H5F6N4+. The fraction of sp³-hybridized carbons (Fsp3) is 0.200. The maximum absolute atomic E-state index is 12.4. The van der Waals surface area contributed by atoms with Gasteiger partial charge in [0, 0.05) is 5.22 Å². The van der Waals surface area contributed by atoms with Crippen molar-refractivity contribution in [2.75, 3.05) is 0 Å². The second-order valence-electron chi connectivity index (χ2n) is 3.48.